The maximum Gasteiger partial charge on any atom is 0.0700 e. The summed E-state index contributed by atoms with van der Waals surface area (Å²) < 4.78 is 5.72. The molecule has 0 saturated carbocycles. The summed E-state index contributed by atoms with van der Waals surface area (Å²) in [6, 6.07) is 0. The van der Waals surface area contributed by atoms with Crippen molar-refractivity contribution in [3.05, 3.63) is 0 Å². The predicted molar refractivity (Wildman–Crippen MR) is 88.3 cm³/mol. The Morgan fingerprint density at radius 2 is 1.45 bits per heavy atom. The van der Waals surface area contributed by atoms with Crippen LogP contribution in [-0.4, -0.2) is 37.2 Å². The lowest BCUT2D eigenvalue weighted by Crippen LogP contribution is -2.42. The summed E-state index contributed by atoms with van der Waals surface area (Å²) in [6.07, 6.45) is 16.0. The van der Waals surface area contributed by atoms with Crippen molar-refractivity contribution in [3.63, 3.8) is 0 Å². The molecule has 0 unspecified atom stereocenters. The minimum Gasteiger partial charge on any atom is -0.376 e. The fraction of sp³-hybridized carbons (Fsp3) is 1.00. The number of unbranched alkanes of at least 4 members (excludes halogenated alkanes) is 9. The molecule has 1 heterocycles. The molecule has 1 fully saturated rings. The molecular formula is C18H37NO. The third kappa shape index (κ3) is 8.97. The van der Waals surface area contributed by atoms with Crippen LogP contribution >= 0.6 is 0 Å². The van der Waals surface area contributed by atoms with Gasteiger partial charge in [0.25, 0.3) is 0 Å². The van der Waals surface area contributed by atoms with Gasteiger partial charge in [-0.1, -0.05) is 71.6 Å². The first-order chi connectivity index (χ1) is 9.86. The zero-order valence-electron chi connectivity index (χ0n) is 14.0. The monoisotopic (exact) mass is 283 g/mol. The van der Waals surface area contributed by atoms with E-state index in [2.05, 4.69) is 18.7 Å². The normalized spacial score (nSPS) is 20.4. The Morgan fingerprint density at radius 1 is 0.850 bits per heavy atom. The van der Waals surface area contributed by atoms with Crippen molar-refractivity contribution >= 4 is 0 Å². The molecule has 0 spiro atoms. The van der Waals surface area contributed by atoms with Crippen LogP contribution in [0.2, 0.25) is 0 Å². The molecule has 0 aromatic heterocycles. The molecule has 120 valence electrons. The second kappa shape index (κ2) is 12.6. The zero-order chi connectivity index (χ0) is 14.5. The molecule has 0 aliphatic carbocycles. The van der Waals surface area contributed by atoms with Crippen LogP contribution in [0, 0.1) is 0 Å². The first kappa shape index (κ1) is 18.0. The lowest BCUT2D eigenvalue weighted by Gasteiger charge is -2.32. The lowest BCUT2D eigenvalue weighted by molar-refractivity contribution is -0.0299. The van der Waals surface area contributed by atoms with Crippen molar-refractivity contribution in [3.8, 4) is 0 Å². The molecule has 0 aromatic rings. The van der Waals surface area contributed by atoms with Gasteiger partial charge < -0.3 is 4.74 Å². The SMILES string of the molecule is CCCCCCCCCCCCN1CCO[C@H](CC)C1. The average molecular weight is 284 g/mol. The second-order valence-electron chi connectivity index (χ2n) is 6.38. The molecule has 0 radical (unpaired) electrons. The van der Waals surface area contributed by atoms with Crippen LogP contribution in [0.3, 0.4) is 0 Å². The van der Waals surface area contributed by atoms with Crippen LogP contribution in [0.15, 0.2) is 0 Å². The number of nitrogens with zero attached hydrogens (tertiary/aromatic N) is 1. The van der Waals surface area contributed by atoms with Gasteiger partial charge in [-0.2, -0.15) is 0 Å². The van der Waals surface area contributed by atoms with E-state index in [-0.39, 0.29) is 0 Å². The van der Waals surface area contributed by atoms with Gasteiger partial charge >= 0.3 is 0 Å². The minimum absolute atomic E-state index is 0.492. The van der Waals surface area contributed by atoms with E-state index in [0.29, 0.717) is 6.10 Å². The van der Waals surface area contributed by atoms with Crippen LogP contribution in [-0.2, 0) is 4.74 Å². The van der Waals surface area contributed by atoms with Crippen molar-refractivity contribution in [1.82, 2.24) is 4.90 Å². The van der Waals surface area contributed by atoms with Gasteiger partial charge in [-0.3, -0.25) is 4.90 Å². The topological polar surface area (TPSA) is 12.5 Å². The van der Waals surface area contributed by atoms with Crippen LogP contribution in [0.4, 0.5) is 0 Å². The standard InChI is InChI=1S/C18H37NO/c1-3-5-6-7-8-9-10-11-12-13-14-19-15-16-20-18(4-2)17-19/h18H,3-17H2,1-2H3/t18-/m1/s1. The molecule has 20 heavy (non-hydrogen) atoms. The number of morpholine rings is 1. The molecule has 2 nitrogen and oxygen atoms in total. The van der Waals surface area contributed by atoms with E-state index in [1.807, 2.05) is 0 Å². The Bertz CT molecular complexity index is 208. The number of rotatable bonds is 12. The molecule has 0 bridgehead atoms. The minimum atomic E-state index is 0.492. The molecule has 1 aliphatic rings. The summed E-state index contributed by atoms with van der Waals surface area (Å²) in [7, 11) is 0. The second-order valence-corrected chi connectivity index (χ2v) is 6.38. The Kier molecular flexibility index (Phi) is 11.4. The van der Waals surface area contributed by atoms with Crippen LogP contribution in [0.5, 0.6) is 0 Å². The highest BCUT2D eigenvalue weighted by atomic mass is 16.5. The number of hydrogen-bond acceptors (Lipinski definition) is 2. The summed E-state index contributed by atoms with van der Waals surface area (Å²) >= 11 is 0. The summed E-state index contributed by atoms with van der Waals surface area (Å²) in [5.41, 5.74) is 0. The van der Waals surface area contributed by atoms with Crippen LogP contribution < -0.4 is 0 Å². The highest BCUT2D eigenvalue weighted by molar-refractivity contribution is 4.70. The summed E-state index contributed by atoms with van der Waals surface area (Å²) in [6.45, 7) is 9.06. The van der Waals surface area contributed by atoms with Gasteiger partial charge in [0.2, 0.25) is 0 Å². The molecular weight excluding hydrogens is 246 g/mol. The molecule has 1 saturated heterocycles. The van der Waals surface area contributed by atoms with Crippen LogP contribution in [0.25, 0.3) is 0 Å². The molecule has 1 aliphatic heterocycles. The van der Waals surface area contributed by atoms with E-state index in [1.54, 1.807) is 0 Å². The first-order valence-electron chi connectivity index (χ1n) is 9.20. The summed E-state index contributed by atoms with van der Waals surface area (Å²) in [5, 5.41) is 0. The van der Waals surface area contributed by atoms with Crippen molar-refractivity contribution in [2.75, 3.05) is 26.2 Å². The highest BCUT2D eigenvalue weighted by Gasteiger charge is 2.17. The largest absolute Gasteiger partial charge is 0.376 e. The van der Waals surface area contributed by atoms with Crippen molar-refractivity contribution in [1.29, 1.82) is 0 Å². The smallest absolute Gasteiger partial charge is 0.0700 e. The fourth-order valence-corrected chi connectivity index (χ4v) is 3.05. The van der Waals surface area contributed by atoms with Gasteiger partial charge in [-0.15, -0.1) is 0 Å². The molecule has 0 N–H and O–H groups in total. The van der Waals surface area contributed by atoms with Gasteiger partial charge in [0, 0.05) is 13.1 Å². The van der Waals surface area contributed by atoms with Crippen molar-refractivity contribution in [2.45, 2.75) is 90.6 Å². The molecule has 1 rings (SSSR count). The molecule has 0 aromatic carbocycles. The molecule has 2 heteroatoms. The number of hydrogen-bond donors (Lipinski definition) is 0. The van der Waals surface area contributed by atoms with Crippen LogP contribution in [0.1, 0.15) is 84.5 Å². The van der Waals surface area contributed by atoms with Gasteiger partial charge in [0.1, 0.15) is 0 Å². The van der Waals surface area contributed by atoms with E-state index in [0.717, 1.165) is 26.1 Å². The van der Waals surface area contributed by atoms with E-state index in [9.17, 15) is 0 Å². The molecule has 0 amide bonds. The maximum atomic E-state index is 5.72. The third-order valence-electron chi connectivity index (χ3n) is 4.51. The average Bonchev–Trinajstić information content (AvgIpc) is 2.49. The maximum absolute atomic E-state index is 5.72. The Hall–Kier alpha value is -0.0800. The summed E-state index contributed by atoms with van der Waals surface area (Å²) in [4.78, 5) is 2.60. The zero-order valence-corrected chi connectivity index (χ0v) is 14.0. The van der Waals surface area contributed by atoms with Gasteiger partial charge in [-0.05, 0) is 19.4 Å². The number of ether oxygens (including phenoxy) is 1. The summed E-state index contributed by atoms with van der Waals surface area (Å²) in [5.74, 6) is 0. The van der Waals surface area contributed by atoms with Crippen molar-refractivity contribution in [2.24, 2.45) is 0 Å². The lowest BCUT2D eigenvalue weighted by atomic mass is 10.1. The fourth-order valence-electron chi connectivity index (χ4n) is 3.05. The van der Waals surface area contributed by atoms with Gasteiger partial charge in [0.05, 0.1) is 12.7 Å². The van der Waals surface area contributed by atoms with Gasteiger partial charge in [0.15, 0.2) is 0 Å². The van der Waals surface area contributed by atoms with E-state index in [1.165, 1.54) is 70.8 Å². The van der Waals surface area contributed by atoms with E-state index >= 15 is 0 Å². The Morgan fingerprint density at radius 3 is 2.05 bits per heavy atom. The quantitative estimate of drug-likeness (QED) is 0.466. The highest BCUT2D eigenvalue weighted by Crippen LogP contribution is 2.12. The predicted octanol–water partition coefficient (Wildman–Crippen LogP) is 5.02. The van der Waals surface area contributed by atoms with Crippen molar-refractivity contribution < 1.29 is 4.74 Å². The Labute approximate surface area is 127 Å². The van der Waals surface area contributed by atoms with Gasteiger partial charge in [-0.25, -0.2) is 0 Å². The third-order valence-corrected chi connectivity index (χ3v) is 4.51. The molecule has 1 atom stereocenters. The van der Waals surface area contributed by atoms with E-state index in [4.69, 9.17) is 4.74 Å². The Balaban J connectivity index is 1.82. The first-order valence-corrected chi connectivity index (χ1v) is 9.20. The van der Waals surface area contributed by atoms with E-state index < -0.39 is 0 Å².